The lowest BCUT2D eigenvalue weighted by Gasteiger charge is -2.06. The van der Waals surface area contributed by atoms with Gasteiger partial charge in [-0.05, 0) is 37.3 Å². The lowest BCUT2D eigenvalue weighted by atomic mass is 10.2. The first-order chi connectivity index (χ1) is 10.2. The van der Waals surface area contributed by atoms with E-state index in [9.17, 15) is 4.79 Å². The van der Waals surface area contributed by atoms with Crippen LogP contribution in [0.15, 0.2) is 18.2 Å². The zero-order valence-electron chi connectivity index (χ0n) is 11.4. The molecule has 7 nitrogen and oxygen atoms in total. The van der Waals surface area contributed by atoms with Crippen molar-refractivity contribution in [3.63, 3.8) is 0 Å². The second-order valence-corrected chi connectivity index (χ2v) is 4.83. The Kier molecular flexibility index (Phi) is 3.61. The van der Waals surface area contributed by atoms with E-state index >= 15 is 0 Å². The van der Waals surface area contributed by atoms with Crippen molar-refractivity contribution in [2.75, 3.05) is 6.79 Å². The van der Waals surface area contributed by atoms with Crippen LogP contribution in [0.5, 0.6) is 11.5 Å². The van der Waals surface area contributed by atoms with E-state index in [1.165, 1.54) is 0 Å². The summed E-state index contributed by atoms with van der Waals surface area (Å²) in [6.45, 7) is 3.15. The highest BCUT2D eigenvalue weighted by atomic mass is 32.1. The summed E-state index contributed by atoms with van der Waals surface area (Å²) >= 11 is 5.10. The summed E-state index contributed by atoms with van der Waals surface area (Å²) in [5, 5.41) is 9.62. The molecule has 21 heavy (non-hydrogen) atoms. The lowest BCUT2D eigenvalue weighted by molar-refractivity contribution is 0.0949. The fourth-order valence-corrected chi connectivity index (χ4v) is 2.39. The first-order valence-corrected chi connectivity index (χ1v) is 6.91. The smallest absolute Gasteiger partial charge is 0.251 e. The number of rotatable bonds is 4. The predicted octanol–water partition coefficient (Wildman–Crippen LogP) is 1.62. The fraction of sp³-hybridized carbons (Fsp3) is 0.308. The molecule has 3 rings (SSSR count). The molecule has 2 N–H and O–H groups in total. The van der Waals surface area contributed by atoms with Crippen LogP contribution in [0, 0.1) is 4.77 Å². The number of hydrogen-bond donors (Lipinski definition) is 2. The molecule has 0 saturated carbocycles. The standard InChI is InChI=1S/C13H14N4O3S/c1-2-17-11(15-16-13(17)21)6-14-12(18)8-3-4-9-10(5-8)20-7-19-9/h3-5H,2,6-7H2,1H3,(H,14,18)(H,16,21). The fourth-order valence-electron chi connectivity index (χ4n) is 2.11. The number of hydrogen-bond acceptors (Lipinski definition) is 5. The van der Waals surface area contributed by atoms with Crippen LogP contribution in [0.3, 0.4) is 0 Å². The second-order valence-electron chi connectivity index (χ2n) is 4.44. The maximum atomic E-state index is 12.1. The zero-order chi connectivity index (χ0) is 14.8. The van der Waals surface area contributed by atoms with Crippen LogP contribution in [-0.4, -0.2) is 27.5 Å². The third kappa shape index (κ3) is 2.62. The van der Waals surface area contributed by atoms with Crippen molar-refractivity contribution in [1.29, 1.82) is 0 Å². The molecule has 1 aromatic heterocycles. The minimum Gasteiger partial charge on any atom is -0.454 e. The van der Waals surface area contributed by atoms with Gasteiger partial charge >= 0.3 is 0 Å². The summed E-state index contributed by atoms with van der Waals surface area (Å²) in [5.41, 5.74) is 0.511. The molecule has 110 valence electrons. The Labute approximate surface area is 125 Å². The molecule has 0 unspecified atom stereocenters. The van der Waals surface area contributed by atoms with Gasteiger partial charge < -0.3 is 19.4 Å². The second kappa shape index (κ2) is 5.57. The summed E-state index contributed by atoms with van der Waals surface area (Å²) in [5.74, 6) is 1.72. The Hall–Kier alpha value is -2.35. The molecule has 0 radical (unpaired) electrons. The quantitative estimate of drug-likeness (QED) is 0.839. The van der Waals surface area contributed by atoms with Crippen molar-refractivity contribution >= 4 is 18.1 Å². The summed E-state index contributed by atoms with van der Waals surface area (Å²) in [7, 11) is 0. The van der Waals surface area contributed by atoms with Gasteiger partial charge in [-0.25, -0.2) is 0 Å². The van der Waals surface area contributed by atoms with Crippen molar-refractivity contribution in [3.05, 3.63) is 34.4 Å². The molecule has 2 heterocycles. The van der Waals surface area contributed by atoms with Crippen LogP contribution in [0.1, 0.15) is 23.1 Å². The van der Waals surface area contributed by atoms with Crippen molar-refractivity contribution < 1.29 is 14.3 Å². The summed E-state index contributed by atoms with van der Waals surface area (Å²) in [4.78, 5) is 12.1. The van der Waals surface area contributed by atoms with Crippen LogP contribution < -0.4 is 14.8 Å². The Morgan fingerprint density at radius 1 is 1.48 bits per heavy atom. The Morgan fingerprint density at radius 2 is 2.29 bits per heavy atom. The van der Waals surface area contributed by atoms with Crippen molar-refractivity contribution in [2.45, 2.75) is 20.0 Å². The minimum atomic E-state index is -0.204. The third-order valence-electron chi connectivity index (χ3n) is 3.20. The maximum Gasteiger partial charge on any atom is 0.251 e. The number of carbonyl (C=O) groups excluding carboxylic acids is 1. The Balaban J connectivity index is 1.70. The molecule has 1 aliphatic heterocycles. The first kappa shape index (κ1) is 13.6. The average Bonchev–Trinajstić information content (AvgIpc) is 3.09. The molecule has 1 aromatic carbocycles. The summed E-state index contributed by atoms with van der Waals surface area (Å²) < 4.78 is 12.8. The Bertz CT molecular complexity index is 737. The normalized spacial score (nSPS) is 12.4. The molecule has 1 aliphatic rings. The topological polar surface area (TPSA) is 81.2 Å². The summed E-state index contributed by atoms with van der Waals surface area (Å²) in [6, 6.07) is 5.08. The number of ether oxygens (including phenoxy) is 2. The first-order valence-electron chi connectivity index (χ1n) is 6.51. The maximum absolute atomic E-state index is 12.1. The van der Waals surface area contributed by atoms with Gasteiger partial charge in [0, 0.05) is 12.1 Å². The monoisotopic (exact) mass is 306 g/mol. The molecule has 0 fully saturated rings. The highest BCUT2D eigenvalue weighted by molar-refractivity contribution is 7.71. The van der Waals surface area contributed by atoms with Gasteiger partial charge in [-0.2, -0.15) is 5.10 Å². The highest BCUT2D eigenvalue weighted by Crippen LogP contribution is 2.32. The molecule has 0 atom stereocenters. The number of amides is 1. The van der Waals surface area contributed by atoms with Crippen molar-refractivity contribution in [1.82, 2.24) is 20.1 Å². The SMILES string of the molecule is CCn1c(CNC(=O)c2ccc3c(c2)OCO3)n[nH]c1=S. The predicted molar refractivity (Wildman–Crippen MR) is 76.8 cm³/mol. The molecule has 0 bridgehead atoms. The van der Waals surface area contributed by atoms with E-state index in [2.05, 4.69) is 15.5 Å². The number of aromatic amines is 1. The number of aromatic nitrogens is 3. The van der Waals surface area contributed by atoms with E-state index in [-0.39, 0.29) is 12.7 Å². The molecule has 0 spiro atoms. The average molecular weight is 306 g/mol. The van der Waals surface area contributed by atoms with Crippen molar-refractivity contribution in [2.24, 2.45) is 0 Å². The van der Waals surface area contributed by atoms with E-state index < -0.39 is 0 Å². The molecule has 8 heteroatoms. The summed E-state index contributed by atoms with van der Waals surface area (Å²) in [6.07, 6.45) is 0. The minimum absolute atomic E-state index is 0.186. The van der Waals surface area contributed by atoms with Gasteiger partial charge in [0.05, 0.1) is 6.54 Å². The van der Waals surface area contributed by atoms with Crippen LogP contribution in [0.25, 0.3) is 0 Å². The van der Waals surface area contributed by atoms with Crippen LogP contribution in [-0.2, 0) is 13.1 Å². The third-order valence-corrected chi connectivity index (χ3v) is 3.51. The zero-order valence-corrected chi connectivity index (χ0v) is 12.2. The molecular weight excluding hydrogens is 292 g/mol. The number of fused-ring (bicyclic) bond motifs is 1. The largest absolute Gasteiger partial charge is 0.454 e. The molecular formula is C13H14N4O3S. The van der Waals surface area contributed by atoms with Gasteiger partial charge in [0.15, 0.2) is 22.1 Å². The number of nitrogens with zero attached hydrogens (tertiary/aromatic N) is 2. The van der Waals surface area contributed by atoms with Gasteiger partial charge in [0.25, 0.3) is 5.91 Å². The van der Waals surface area contributed by atoms with E-state index in [4.69, 9.17) is 21.7 Å². The highest BCUT2D eigenvalue weighted by Gasteiger charge is 2.16. The number of nitrogens with one attached hydrogen (secondary N) is 2. The van der Waals surface area contributed by atoms with Crippen LogP contribution in [0.2, 0.25) is 0 Å². The van der Waals surface area contributed by atoms with Gasteiger partial charge in [0.1, 0.15) is 0 Å². The van der Waals surface area contributed by atoms with Crippen LogP contribution >= 0.6 is 12.2 Å². The number of benzene rings is 1. The van der Waals surface area contributed by atoms with E-state index in [0.29, 0.717) is 40.7 Å². The van der Waals surface area contributed by atoms with Crippen LogP contribution in [0.4, 0.5) is 0 Å². The molecule has 0 aliphatic carbocycles. The van der Waals surface area contributed by atoms with E-state index in [0.717, 1.165) is 0 Å². The molecule has 1 amide bonds. The van der Waals surface area contributed by atoms with Crippen molar-refractivity contribution in [3.8, 4) is 11.5 Å². The number of H-pyrrole nitrogens is 1. The number of carbonyl (C=O) groups is 1. The van der Waals surface area contributed by atoms with Gasteiger partial charge in [-0.15, -0.1) is 0 Å². The van der Waals surface area contributed by atoms with Gasteiger partial charge in [-0.1, -0.05) is 0 Å². The molecule has 2 aromatic rings. The van der Waals surface area contributed by atoms with E-state index in [1.54, 1.807) is 18.2 Å². The lowest BCUT2D eigenvalue weighted by Crippen LogP contribution is -2.24. The van der Waals surface area contributed by atoms with Gasteiger partial charge in [0.2, 0.25) is 6.79 Å². The van der Waals surface area contributed by atoms with Gasteiger partial charge in [-0.3, -0.25) is 9.89 Å². The Morgan fingerprint density at radius 3 is 3.10 bits per heavy atom. The van der Waals surface area contributed by atoms with E-state index in [1.807, 2.05) is 11.5 Å². The molecule has 0 saturated heterocycles.